The van der Waals surface area contributed by atoms with Gasteiger partial charge in [0.05, 0.1) is 12.1 Å². The molecule has 3 rings (SSSR count). The van der Waals surface area contributed by atoms with Gasteiger partial charge in [0.1, 0.15) is 11.3 Å². The summed E-state index contributed by atoms with van der Waals surface area (Å²) in [5.41, 5.74) is 5.08. The van der Waals surface area contributed by atoms with Crippen LogP contribution in [0.3, 0.4) is 0 Å². The number of fused-ring (bicyclic) bond motifs is 1. The number of nitrogens with zero attached hydrogens (tertiary/aromatic N) is 4. The predicted molar refractivity (Wildman–Crippen MR) is 114 cm³/mol. The number of aromatic nitrogens is 3. The molecular weight excluding hydrogens is 366 g/mol. The predicted octanol–water partition coefficient (Wildman–Crippen LogP) is 2.81. The van der Waals surface area contributed by atoms with Crippen LogP contribution in [0, 0.1) is 13.8 Å². The zero-order valence-corrected chi connectivity index (χ0v) is 17.6. The Morgan fingerprint density at radius 3 is 2.59 bits per heavy atom. The smallest absolute Gasteiger partial charge is 0.251 e. The Bertz CT molecular complexity index is 963. The molecule has 0 atom stereocenters. The van der Waals surface area contributed by atoms with Crippen molar-refractivity contribution < 1.29 is 9.53 Å². The summed E-state index contributed by atoms with van der Waals surface area (Å²) in [4.78, 5) is 14.1. The molecule has 0 saturated carbocycles. The topological polar surface area (TPSA) is 72.3 Å². The third-order valence-corrected chi connectivity index (χ3v) is 4.87. The van der Waals surface area contributed by atoms with Crippen LogP contribution in [0.2, 0.25) is 0 Å². The van der Waals surface area contributed by atoms with Crippen LogP contribution in [-0.2, 0) is 6.54 Å². The van der Waals surface area contributed by atoms with E-state index in [0.717, 1.165) is 36.3 Å². The number of benzene rings is 2. The number of amides is 1. The number of likely N-dealkylation sites (N-methyl/N-ethyl adjacent to an activating group) is 1. The lowest BCUT2D eigenvalue weighted by atomic mass is 10.1. The molecule has 154 valence electrons. The minimum atomic E-state index is -0.0676. The highest BCUT2D eigenvalue weighted by Gasteiger charge is 2.07. The van der Waals surface area contributed by atoms with E-state index in [1.807, 2.05) is 35.8 Å². The third-order valence-electron chi connectivity index (χ3n) is 4.87. The van der Waals surface area contributed by atoms with Crippen LogP contribution < -0.4 is 10.1 Å². The second-order valence-electron chi connectivity index (χ2n) is 7.52. The fourth-order valence-electron chi connectivity index (χ4n) is 2.99. The molecule has 0 bridgehead atoms. The Labute approximate surface area is 171 Å². The van der Waals surface area contributed by atoms with E-state index >= 15 is 0 Å². The highest BCUT2D eigenvalue weighted by molar-refractivity contribution is 5.94. The molecule has 1 amide bonds. The molecule has 0 unspecified atom stereocenters. The maximum Gasteiger partial charge on any atom is 0.251 e. The van der Waals surface area contributed by atoms with Gasteiger partial charge in [-0.1, -0.05) is 5.21 Å². The summed E-state index contributed by atoms with van der Waals surface area (Å²) < 4.78 is 7.73. The van der Waals surface area contributed by atoms with Gasteiger partial charge in [0, 0.05) is 31.6 Å². The lowest BCUT2D eigenvalue weighted by Crippen LogP contribution is -2.31. The van der Waals surface area contributed by atoms with Crippen LogP contribution in [0.5, 0.6) is 5.75 Å². The van der Waals surface area contributed by atoms with Gasteiger partial charge in [0.2, 0.25) is 0 Å². The number of rotatable bonds is 9. The maximum absolute atomic E-state index is 12.1. The normalized spacial score (nSPS) is 11.2. The van der Waals surface area contributed by atoms with Gasteiger partial charge < -0.3 is 15.0 Å². The molecule has 0 fully saturated rings. The van der Waals surface area contributed by atoms with Crippen LogP contribution >= 0.6 is 0 Å². The SMILES string of the molecule is Cc1cc2nnn(CCCOc3ccc(C(=O)NCCN(C)C)cc3)c2cc1C. The molecule has 1 N–H and O–H groups in total. The highest BCUT2D eigenvalue weighted by atomic mass is 16.5. The van der Waals surface area contributed by atoms with E-state index in [-0.39, 0.29) is 5.91 Å². The molecule has 0 aliphatic carbocycles. The first-order valence-corrected chi connectivity index (χ1v) is 9.90. The Kier molecular flexibility index (Phi) is 6.82. The maximum atomic E-state index is 12.1. The average molecular weight is 396 g/mol. The molecule has 3 aromatic rings. The van der Waals surface area contributed by atoms with Gasteiger partial charge >= 0.3 is 0 Å². The molecule has 0 aliphatic heterocycles. The molecule has 0 spiro atoms. The lowest BCUT2D eigenvalue weighted by molar-refractivity contribution is 0.0951. The van der Waals surface area contributed by atoms with E-state index < -0.39 is 0 Å². The van der Waals surface area contributed by atoms with Crippen molar-refractivity contribution in [3.8, 4) is 5.75 Å². The van der Waals surface area contributed by atoms with Gasteiger partial charge in [0.15, 0.2) is 0 Å². The molecular formula is C22H29N5O2. The quantitative estimate of drug-likeness (QED) is 0.564. The van der Waals surface area contributed by atoms with Crippen molar-refractivity contribution in [1.82, 2.24) is 25.2 Å². The average Bonchev–Trinajstić information content (AvgIpc) is 3.07. The van der Waals surface area contributed by atoms with Crippen LogP contribution in [0.25, 0.3) is 11.0 Å². The summed E-state index contributed by atoms with van der Waals surface area (Å²) in [7, 11) is 3.96. The molecule has 0 radical (unpaired) electrons. The fourth-order valence-corrected chi connectivity index (χ4v) is 2.99. The molecule has 1 aromatic heterocycles. The number of hydrogen-bond donors (Lipinski definition) is 1. The van der Waals surface area contributed by atoms with E-state index in [4.69, 9.17) is 4.74 Å². The second kappa shape index (κ2) is 9.52. The van der Waals surface area contributed by atoms with Gasteiger partial charge in [-0.15, -0.1) is 5.10 Å². The summed E-state index contributed by atoms with van der Waals surface area (Å²) >= 11 is 0. The molecule has 7 heteroatoms. The Morgan fingerprint density at radius 1 is 1.14 bits per heavy atom. The lowest BCUT2D eigenvalue weighted by Gasteiger charge is -2.11. The van der Waals surface area contributed by atoms with Crippen molar-refractivity contribution in [2.45, 2.75) is 26.8 Å². The number of ether oxygens (including phenoxy) is 1. The number of carbonyl (C=O) groups is 1. The Hall–Kier alpha value is -2.93. The van der Waals surface area contributed by atoms with Crippen molar-refractivity contribution in [2.24, 2.45) is 0 Å². The first-order valence-electron chi connectivity index (χ1n) is 9.90. The van der Waals surface area contributed by atoms with Crippen molar-refractivity contribution in [1.29, 1.82) is 0 Å². The minimum Gasteiger partial charge on any atom is -0.494 e. The first-order chi connectivity index (χ1) is 13.9. The first kappa shape index (κ1) is 20.8. The van der Waals surface area contributed by atoms with E-state index in [2.05, 4.69) is 41.6 Å². The van der Waals surface area contributed by atoms with Gasteiger partial charge in [-0.3, -0.25) is 4.79 Å². The third kappa shape index (κ3) is 5.54. The monoisotopic (exact) mass is 395 g/mol. The van der Waals surface area contributed by atoms with Crippen LogP contribution in [0.1, 0.15) is 27.9 Å². The van der Waals surface area contributed by atoms with Crippen LogP contribution in [0.15, 0.2) is 36.4 Å². The van der Waals surface area contributed by atoms with Crippen molar-refractivity contribution in [3.05, 3.63) is 53.1 Å². The molecule has 7 nitrogen and oxygen atoms in total. The van der Waals surface area contributed by atoms with E-state index in [0.29, 0.717) is 18.7 Å². The molecule has 0 saturated heterocycles. The Morgan fingerprint density at radius 2 is 1.86 bits per heavy atom. The summed E-state index contributed by atoms with van der Waals surface area (Å²) in [6.45, 7) is 6.93. The van der Waals surface area contributed by atoms with Crippen molar-refractivity contribution >= 4 is 16.9 Å². The molecule has 1 heterocycles. The second-order valence-corrected chi connectivity index (χ2v) is 7.52. The van der Waals surface area contributed by atoms with E-state index in [9.17, 15) is 4.79 Å². The summed E-state index contributed by atoms with van der Waals surface area (Å²) in [6.07, 6.45) is 0.818. The number of hydrogen-bond acceptors (Lipinski definition) is 5. The summed E-state index contributed by atoms with van der Waals surface area (Å²) in [5, 5.41) is 11.4. The Balaban J connectivity index is 1.46. The standard InChI is InChI=1S/C22H29N5O2/c1-16-14-20-21(15-17(16)2)27(25-24-20)11-5-13-29-19-8-6-18(7-9-19)22(28)23-10-12-26(3)4/h6-9,14-15H,5,10-13H2,1-4H3,(H,23,28). The summed E-state index contributed by atoms with van der Waals surface area (Å²) in [6, 6.07) is 11.4. The van der Waals surface area contributed by atoms with Crippen molar-refractivity contribution in [2.75, 3.05) is 33.8 Å². The highest BCUT2D eigenvalue weighted by Crippen LogP contribution is 2.17. The number of nitrogens with one attached hydrogen (secondary N) is 1. The minimum absolute atomic E-state index is 0.0676. The zero-order chi connectivity index (χ0) is 20.8. The summed E-state index contributed by atoms with van der Waals surface area (Å²) in [5.74, 6) is 0.687. The van der Waals surface area contributed by atoms with Crippen molar-refractivity contribution in [3.63, 3.8) is 0 Å². The van der Waals surface area contributed by atoms with E-state index in [1.165, 1.54) is 11.1 Å². The van der Waals surface area contributed by atoms with Crippen LogP contribution in [-0.4, -0.2) is 59.6 Å². The van der Waals surface area contributed by atoms with Gasteiger partial charge in [-0.25, -0.2) is 4.68 Å². The van der Waals surface area contributed by atoms with E-state index in [1.54, 1.807) is 12.1 Å². The van der Waals surface area contributed by atoms with Gasteiger partial charge in [0.25, 0.3) is 5.91 Å². The zero-order valence-electron chi connectivity index (χ0n) is 17.6. The number of aryl methyl sites for hydroxylation is 3. The molecule has 29 heavy (non-hydrogen) atoms. The molecule has 0 aliphatic rings. The number of carbonyl (C=O) groups excluding carboxylic acids is 1. The van der Waals surface area contributed by atoms with Gasteiger partial charge in [-0.05, 0) is 75.5 Å². The van der Waals surface area contributed by atoms with Gasteiger partial charge in [-0.2, -0.15) is 0 Å². The van der Waals surface area contributed by atoms with Crippen LogP contribution in [0.4, 0.5) is 0 Å². The fraction of sp³-hybridized carbons (Fsp3) is 0.409. The largest absolute Gasteiger partial charge is 0.494 e. The molecule has 2 aromatic carbocycles.